The van der Waals surface area contributed by atoms with Gasteiger partial charge in [-0.2, -0.15) is 4.37 Å². The zero-order valence-corrected chi connectivity index (χ0v) is 9.68. The summed E-state index contributed by atoms with van der Waals surface area (Å²) in [4.78, 5) is 10.5. The average molecular weight is 254 g/mol. The summed E-state index contributed by atoms with van der Waals surface area (Å²) in [7, 11) is 0. The fraction of sp³-hybridized carbons (Fsp3) is 0. The summed E-state index contributed by atoms with van der Waals surface area (Å²) in [5, 5.41) is 3.68. The van der Waals surface area contributed by atoms with Crippen LogP contribution in [-0.2, 0) is 4.79 Å². The van der Waals surface area contributed by atoms with Crippen molar-refractivity contribution in [3.63, 3.8) is 0 Å². The van der Waals surface area contributed by atoms with E-state index in [4.69, 9.17) is 17.3 Å². The first-order valence-electron chi connectivity index (χ1n) is 4.43. The molecule has 0 saturated heterocycles. The van der Waals surface area contributed by atoms with E-state index < -0.39 is 0 Å². The molecule has 0 aliphatic rings. The molecule has 4 nitrogen and oxygen atoms in total. The highest BCUT2D eigenvalue weighted by atomic mass is 35.5. The van der Waals surface area contributed by atoms with E-state index in [9.17, 15) is 4.79 Å². The molecule has 0 saturated carbocycles. The molecule has 2 aromatic rings. The van der Waals surface area contributed by atoms with Gasteiger partial charge < -0.3 is 11.1 Å². The third-order valence-corrected chi connectivity index (χ3v) is 2.97. The van der Waals surface area contributed by atoms with E-state index >= 15 is 0 Å². The number of anilines is 2. The lowest BCUT2D eigenvalue weighted by Crippen LogP contribution is -1.97. The quantitative estimate of drug-likeness (QED) is 0.827. The van der Waals surface area contributed by atoms with E-state index in [1.165, 1.54) is 0 Å². The van der Waals surface area contributed by atoms with Gasteiger partial charge in [0.2, 0.25) is 6.41 Å². The van der Waals surface area contributed by atoms with Crippen LogP contribution in [0, 0.1) is 0 Å². The molecule has 82 valence electrons. The topological polar surface area (TPSA) is 68.0 Å². The minimum atomic E-state index is 0.483. The Morgan fingerprint density at radius 1 is 1.38 bits per heavy atom. The summed E-state index contributed by atoms with van der Waals surface area (Å²) in [6.07, 6.45) is 0.583. The third-order valence-electron chi connectivity index (χ3n) is 2.04. The summed E-state index contributed by atoms with van der Waals surface area (Å²) in [6, 6.07) is 7.17. The molecule has 1 aromatic carbocycles. The third kappa shape index (κ3) is 2.00. The maximum atomic E-state index is 10.5. The van der Waals surface area contributed by atoms with E-state index in [-0.39, 0.29) is 0 Å². The van der Waals surface area contributed by atoms with Crippen LogP contribution in [0.3, 0.4) is 0 Å². The van der Waals surface area contributed by atoms with Gasteiger partial charge in [0.05, 0.1) is 0 Å². The fourth-order valence-corrected chi connectivity index (χ4v) is 2.07. The van der Waals surface area contributed by atoms with Crippen molar-refractivity contribution in [3.8, 4) is 11.3 Å². The highest BCUT2D eigenvalue weighted by Crippen LogP contribution is 2.35. The predicted octanol–water partition coefficient (Wildman–Crippen LogP) is 2.61. The number of benzene rings is 1. The molecule has 0 aliphatic heterocycles. The zero-order chi connectivity index (χ0) is 11.5. The van der Waals surface area contributed by atoms with Gasteiger partial charge in [-0.3, -0.25) is 4.79 Å². The number of carbonyl (C=O) groups is 1. The van der Waals surface area contributed by atoms with Gasteiger partial charge >= 0.3 is 0 Å². The van der Waals surface area contributed by atoms with Crippen molar-refractivity contribution in [3.05, 3.63) is 29.3 Å². The van der Waals surface area contributed by atoms with E-state index in [1.54, 1.807) is 12.1 Å². The van der Waals surface area contributed by atoms with Crippen molar-refractivity contribution in [2.24, 2.45) is 0 Å². The maximum Gasteiger partial charge on any atom is 0.211 e. The SMILES string of the molecule is Nc1snc(-c2ccc(Cl)cc2)c1NC=O. The molecular formula is C10H8ClN3OS. The fourth-order valence-electron chi connectivity index (χ4n) is 1.31. The first-order valence-corrected chi connectivity index (χ1v) is 5.59. The largest absolute Gasteiger partial charge is 0.388 e. The second-order valence-electron chi connectivity index (χ2n) is 3.04. The number of nitrogens with one attached hydrogen (secondary N) is 1. The van der Waals surface area contributed by atoms with Crippen molar-refractivity contribution >= 4 is 40.2 Å². The van der Waals surface area contributed by atoms with Crippen LogP contribution < -0.4 is 11.1 Å². The standard InChI is InChI=1S/C10H8ClN3OS/c11-7-3-1-6(2-4-7)8-9(13-5-15)10(12)16-14-8/h1-5H,12H2,(H,13,15). The van der Waals surface area contributed by atoms with Gasteiger partial charge in [-0.25, -0.2) is 0 Å². The van der Waals surface area contributed by atoms with Gasteiger partial charge in [-0.15, -0.1) is 0 Å². The van der Waals surface area contributed by atoms with Crippen LogP contribution in [-0.4, -0.2) is 10.8 Å². The van der Waals surface area contributed by atoms with E-state index in [2.05, 4.69) is 9.69 Å². The maximum absolute atomic E-state index is 10.5. The van der Waals surface area contributed by atoms with E-state index in [0.717, 1.165) is 17.1 Å². The monoisotopic (exact) mass is 253 g/mol. The van der Waals surface area contributed by atoms with Crippen molar-refractivity contribution < 1.29 is 4.79 Å². The van der Waals surface area contributed by atoms with Gasteiger partial charge in [-0.05, 0) is 23.7 Å². The minimum absolute atomic E-state index is 0.483. The number of nitrogens with zero attached hydrogens (tertiary/aromatic N) is 1. The molecule has 3 N–H and O–H groups in total. The average Bonchev–Trinajstić information content (AvgIpc) is 2.63. The lowest BCUT2D eigenvalue weighted by molar-refractivity contribution is -0.105. The highest BCUT2D eigenvalue weighted by molar-refractivity contribution is 7.11. The van der Waals surface area contributed by atoms with Crippen LogP contribution in [0.15, 0.2) is 24.3 Å². The molecule has 0 spiro atoms. The Kier molecular flexibility index (Phi) is 3.07. The summed E-state index contributed by atoms with van der Waals surface area (Å²) < 4.78 is 4.19. The van der Waals surface area contributed by atoms with Crippen molar-refractivity contribution in [2.45, 2.75) is 0 Å². The number of aromatic nitrogens is 1. The second-order valence-corrected chi connectivity index (χ2v) is 4.28. The zero-order valence-electron chi connectivity index (χ0n) is 8.11. The lowest BCUT2D eigenvalue weighted by Gasteiger charge is -2.02. The number of nitrogens with two attached hydrogens (primary N) is 1. The van der Waals surface area contributed by atoms with Crippen LogP contribution in [0.25, 0.3) is 11.3 Å². The number of nitrogen functional groups attached to an aromatic ring is 1. The predicted molar refractivity (Wildman–Crippen MR) is 66.7 cm³/mol. The van der Waals surface area contributed by atoms with E-state index in [1.807, 2.05) is 12.1 Å². The second kappa shape index (κ2) is 4.51. The Bertz CT molecular complexity index is 509. The lowest BCUT2D eigenvalue weighted by atomic mass is 10.1. The molecule has 1 aromatic heterocycles. The molecule has 0 unspecified atom stereocenters. The molecule has 0 fully saturated rings. The molecule has 16 heavy (non-hydrogen) atoms. The van der Waals surface area contributed by atoms with Crippen LogP contribution in [0.2, 0.25) is 5.02 Å². The van der Waals surface area contributed by atoms with Crippen molar-refractivity contribution in [2.75, 3.05) is 11.1 Å². The molecular weight excluding hydrogens is 246 g/mol. The molecule has 0 bridgehead atoms. The Morgan fingerprint density at radius 2 is 2.06 bits per heavy atom. The normalized spacial score (nSPS) is 10.1. The summed E-state index contributed by atoms with van der Waals surface area (Å²) in [6.45, 7) is 0. The number of rotatable bonds is 3. The highest BCUT2D eigenvalue weighted by Gasteiger charge is 2.12. The van der Waals surface area contributed by atoms with Crippen molar-refractivity contribution in [1.29, 1.82) is 0 Å². The number of carbonyl (C=O) groups excluding carboxylic acids is 1. The molecule has 0 radical (unpaired) electrons. The van der Waals surface area contributed by atoms with Gasteiger partial charge in [0, 0.05) is 10.6 Å². The smallest absolute Gasteiger partial charge is 0.211 e. The number of amides is 1. The summed E-state index contributed by atoms with van der Waals surface area (Å²) in [5.74, 6) is 0. The molecule has 0 aliphatic carbocycles. The van der Waals surface area contributed by atoms with Gasteiger partial charge in [0.1, 0.15) is 16.4 Å². The summed E-state index contributed by atoms with van der Waals surface area (Å²) >= 11 is 6.93. The Labute approximate surface area is 101 Å². The van der Waals surface area contributed by atoms with Gasteiger partial charge in [0.15, 0.2) is 0 Å². The van der Waals surface area contributed by atoms with E-state index in [0.29, 0.717) is 27.8 Å². The van der Waals surface area contributed by atoms with Crippen LogP contribution in [0.4, 0.5) is 10.7 Å². The van der Waals surface area contributed by atoms with Gasteiger partial charge in [0.25, 0.3) is 0 Å². The first-order chi connectivity index (χ1) is 7.72. The summed E-state index contributed by atoms with van der Waals surface area (Å²) in [5.41, 5.74) is 7.77. The molecule has 2 rings (SSSR count). The van der Waals surface area contributed by atoms with Crippen LogP contribution >= 0.6 is 23.1 Å². The van der Waals surface area contributed by atoms with Crippen LogP contribution in [0.5, 0.6) is 0 Å². The number of hydrogen-bond acceptors (Lipinski definition) is 4. The minimum Gasteiger partial charge on any atom is -0.388 e. The Balaban J connectivity index is 2.47. The Hall–Kier alpha value is -1.59. The first kappa shape index (κ1) is 10.9. The van der Waals surface area contributed by atoms with Crippen LogP contribution in [0.1, 0.15) is 0 Å². The molecule has 1 heterocycles. The molecule has 6 heteroatoms. The van der Waals surface area contributed by atoms with Crippen molar-refractivity contribution in [1.82, 2.24) is 4.37 Å². The molecule has 0 atom stereocenters. The number of hydrogen-bond donors (Lipinski definition) is 2. The number of halogens is 1. The molecule has 1 amide bonds. The van der Waals surface area contributed by atoms with Gasteiger partial charge in [-0.1, -0.05) is 23.7 Å². The Morgan fingerprint density at radius 3 is 2.69 bits per heavy atom.